The second-order valence-corrected chi connectivity index (χ2v) is 21.7. The molecule has 0 aromatic heterocycles. The number of nitrogens with zero attached hydrogens (tertiary/aromatic N) is 2. The van der Waals surface area contributed by atoms with Crippen LogP contribution in [-0.4, -0.2) is 175 Å². The number of nitrogens with two attached hydrogens (primary N) is 3. The fraction of sp³-hybridized carbons (Fsp3) is 0.694. The number of rotatable bonds is 35. The second-order valence-electron chi connectivity index (χ2n) is 19.2. The fourth-order valence-corrected chi connectivity index (χ4v) is 12.6. The van der Waals surface area contributed by atoms with E-state index in [1.165, 1.54) is 6.07 Å². The molecule has 418 valence electrons. The van der Waals surface area contributed by atoms with Gasteiger partial charge >= 0.3 is 18.0 Å². The third kappa shape index (κ3) is 19.5. The van der Waals surface area contributed by atoms with Crippen molar-refractivity contribution in [1.82, 2.24) is 37.2 Å². The molecule has 0 unspecified atom stereocenters. The number of unbranched alkanes of at least 4 members (excludes halogenated alkanes) is 4. The van der Waals surface area contributed by atoms with E-state index in [2.05, 4.69) is 52.5 Å². The number of carbonyl (C=O) groups excluding carboxylic acids is 5. The van der Waals surface area contributed by atoms with Crippen molar-refractivity contribution in [1.29, 1.82) is 0 Å². The van der Waals surface area contributed by atoms with Crippen LogP contribution < -0.4 is 59.7 Å². The molecule has 75 heavy (non-hydrogen) atoms. The number of hydrogen-bond acceptors (Lipinski definition) is 18. The van der Waals surface area contributed by atoms with E-state index < -0.39 is 41.9 Å². The van der Waals surface area contributed by atoms with Gasteiger partial charge in [0.15, 0.2) is 11.9 Å². The average molecular weight is 1090 g/mol. The number of guanidine groups is 2. The minimum atomic E-state index is -1.15. The van der Waals surface area contributed by atoms with Crippen LogP contribution in [0.1, 0.15) is 122 Å². The van der Waals surface area contributed by atoms with Crippen molar-refractivity contribution in [2.24, 2.45) is 27.2 Å². The highest BCUT2D eigenvalue weighted by Gasteiger charge is 2.41. The normalized spacial score (nSPS) is 21.1. The van der Waals surface area contributed by atoms with Crippen LogP contribution >= 0.6 is 23.5 Å². The summed E-state index contributed by atoms with van der Waals surface area (Å²) in [5.74, 6) is -1.21. The number of thioether (sulfide) groups is 2. The zero-order valence-electron chi connectivity index (χ0n) is 43.2. The second kappa shape index (κ2) is 31.5. The summed E-state index contributed by atoms with van der Waals surface area (Å²) < 4.78 is 10.8. The topological polar surface area (TPSA) is 377 Å². The number of benzene rings is 1. The van der Waals surface area contributed by atoms with Crippen LogP contribution in [-0.2, 0) is 28.7 Å². The molecule has 2 saturated heterocycles. The summed E-state index contributed by atoms with van der Waals surface area (Å²) in [5, 5.41) is 43.2. The van der Waals surface area contributed by atoms with Crippen molar-refractivity contribution in [2.75, 3.05) is 69.4 Å². The zero-order chi connectivity index (χ0) is 54.3. The molecule has 0 aliphatic carbocycles. The summed E-state index contributed by atoms with van der Waals surface area (Å²) in [5.41, 5.74) is 18.3. The molecule has 1 aromatic carbocycles. The lowest BCUT2D eigenvalue weighted by Crippen LogP contribution is -2.40. The van der Waals surface area contributed by atoms with Crippen molar-refractivity contribution < 1.29 is 53.2 Å². The van der Waals surface area contributed by atoms with Crippen molar-refractivity contribution in [2.45, 2.75) is 150 Å². The van der Waals surface area contributed by atoms with Gasteiger partial charge in [-0.15, -0.1) is 0 Å². The highest BCUT2D eigenvalue weighted by atomic mass is 32.2. The molecule has 4 aliphatic heterocycles. The van der Waals surface area contributed by atoms with Gasteiger partial charge in [0.05, 0.1) is 50.6 Å². The largest absolute Gasteiger partial charge is 0.480 e. The Morgan fingerprint density at radius 1 is 0.667 bits per heavy atom. The van der Waals surface area contributed by atoms with E-state index in [0.717, 1.165) is 37.2 Å². The number of aliphatic imine (C=N–C) groups is 2. The van der Waals surface area contributed by atoms with Gasteiger partial charge < -0.3 is 79.4 Å². The molecule has 0 bridgehead atoms. The zero-order valence-corrected chi connectivity index (χ0v) is 44.8. The van der Waals surface area contributed by atoms with Gasteiger partial charge in [0.2, 0.25) is 11.8 Å². The van der Waals surface area contributed by atoms with Crippen molar-refractivity contribution in [3.63, 3.8) is 0 Å². The molecule has 4 heterocycles. The van der Waals surface area contributed by atoms with Gasteiger partial charge in [-0.2, -0.15) is 23.5 Å². The Labute approximate surface area is 447 Å². The number of carboxylic acids is 2. The summed E-state index contributed by atoms with van der Waals surface area (Å²) in [6, 6.07) is -0.518. The minimum absolute atomic E-state index is 0.122. The molecule has 24 nitrogen and oxygen atoms in total. The lowest BCUT2D eigenvalue weighted by molar-refractivity contribution is -0.142. The predicted molar refractivity (Wildman–Crippen MR) is 289 cm³/mol. The molecule has 4 aliphatic rings. The Balaban J connectivity index is 1.08. The van der Waals surface area contributed by atoms with Crippen LogP contribution in [0, 0.1) is 13.8 Å². The monoisotopic (exact) mass is 1090 g/mol. The smallest absolute Gasteiger partial charge is 0.326 e. The van der Waals surface area contributed by atoms with Gasteiger partial charge in [-0.1, -0.05) is 12.8 Å². The van der Waals surface area contributed by atoms with Crippen molar-refractivity contribution in [3.05, 3.63) is 28.3 Å². The molecule has 6 amide bonds. The molecule has 26 heteroatoms. The van der Waals surface area contributed by atoms with Crippen LogP contribution in [0.3, 0.4) is 0 Å². The highest BCUT2D eigenvalue weighted by Crippen LogP contribution is 2.36. The SMILES string of the molecule is Cc1c(NC(=O)NCCOCCOCCN)cc(C(=O)NCCCC[C@H](NC(=O)CCCC[C@@H]2SC[C@@H]3NC(N)=N[C@@H]32)C(=O)O)c(C)c1C(=O)NCCCC[C@H](NC(=O)CCCC[C@@H]1SC[C@@H]2NC(N)=N[C@@H]21)C(=O)O. The van der Waals surface area contributed by atoms with E-state index in [1.807, 2.05) is 23.5 Å². The first kappa shape index (κ1) is 60.3. The highest BCUT2D eigenvalue weighted by molar-refractivity contribution is 8.00. The number of aliphatic carboxylic acids is 2. The Bertz CT molecular complexity index is 2190. The lowest BCUT2D eigenvalue weighted by Gasteiger charge is -2.19. The summed E-state index contributed by atoms with van der Waals surface area (Å²) in [7, 11) is 0. The summed E-state index contributed by atoms with van der Waals surface area (Å²) in [6.45, 7) is 5.40. The number of carbonyl (C=O) groups is 7. The van der Waals surface area contributed by atoms with Crippen LogP contribution in [0.2, 0.25) is 0 Å². The number of hydrogen-bond donors (Lipinski definition) is 13. The molecule has 2 fully saturated rings. The lowest BCUT2D eigenvalue weighted by atomic mass is 9.94. The van der Waals surface area contributed by atoms with Gasteiger partial charge in [0, 0.05) is 77.8 Å². The molecule has 0 radical (unpaired) electrons. The predicted octanol–water partition coefficient (Wildman–Crippen LogP) is 1.02. The third-order valence-corrected chi connectivity index (χ3v) is 16.5. The minimum Gasteiger partial charge on any atom is -0.480 e. The Morgan fingerprint density at radius 2 is 1.17 bits per heavy atom. The average Bonchev–Trinajstić information content (AvgIpc) is 4.14. The maximum Gasteiger partial charge on any atom is 0.326 e. The van der Waals surface area contributed by atoms with E-state index >= 15 is 0 Å². The molecule has 0 spiro atoms. The first-order chi connectivity index (χ1) is 36.1. The molecule has 16 N–H and O–H groups in total. The number of carboxylic acid groups (broad SMARTS) is 2. The summed E-state index contributed by atoms with van der Waals surface area (Å²) >= 11 is 3.69. The number of fused-ring (bicyclic) bond motifs is 2. The summed E-state index contributed by atoms with van der Waals surface area (Å²) in [4.78, 5) is 99.3. The quantitative estimate of drug-likeness (QED) is 0.0422. The van der Waals surface area contributed by atoms with E-state index in [1.54, 1.807) is 13.8 Å². The number of nitrogens with one attached hydrogen (secondary N) is 8. The fourth-order valence-electron chi connectivity index (χ4n) is 9.52. The van der Waals surface area contributed by atoms with E-state index in [4.69, 9.17) is 26.7 Å². The van der Waals surface area contributed by atoms with Crippen LogP contribution in [0.4, 0.5) is 10.5 Å². The van der Waals surface area contributed by atoms with Crippen molar-refractivity contribution in [3.8, 4) is 0 Å². The van der Waals surface area contributed by atoms with Gasteiger partial charge in [-0.3, -0.25) is 19.2 Å². The van der Waals surface area contributed by atoms with Gasteiger partial charge in [0.25, 0.3) is 11.8 Å². The number of urea groups is 1. The van der Waals surface area contributed by atoms with E-state index in [0.29, 0.717) is 98.4 Å². The molecule has 0 saturated carbocycles. The van der Waals surface area contributed by atoms with Gasteiger partial charge in [0.1, 0.15) is 12.1 Å². The first-order valence-electron chi connectivity index (χ1n) is 26.1. The maximum atomic E-state index is 13.9. The molecular formula is C49H79N13O11S2. The van der Waals surface area contributed by atoms with Crippen LogP contribution in [0.25, 0.3) is 0 Å². The first-order valence-corrected chi connectivity index (χ1v) is 28.2. The standard InChI is InChI=1S/C49H79N13O11S2/c1-28-30(43(65)53-18-9-7-11-31(45(67)68)56-38(63)15-5-3-13-36-41-34(26-74-36)58-47(51)61-41)25-33(60-49(71)55-20-22-73-24-23-72-21-17-50)29(2)40(28)44(66)54-19-10-8-12-32(46(69)70)57-39(64)16-6-4-14-37-42-35(27-75-37)59-48(52)62-42/h25,31-32,34-37,41-42H,3-24,26-27,50H2,1-2H3,(H,53,65)(H,54,66)(H,56,63)(H,57,64)(H,67,68)(H,69,70)(H3,51,58,61)(H3,52,59,62)(H2,55,60,71)/t31-,32-,34-,35-,36-,37-,41-,42-/m0/s1. The van der Waals surface area contributed by atoms with Crippen LogP contribution in [0.5, 0.6) is 0 Å². The molecule has 1 aromatic rings. The number of amides is 6. The molecule has 8 atom stereocenters. The number of anilines is 1. The number of ether oxygens (including phenoxy) is 2. The molecular weight excluding hydrogens is 1010 g/mol. The van der Waals surface area contributed by atoms with E-state index in [-0.39, 0.29) is 105 Å². The Morgan fingerprint density at radius 3 is 1.68 bits per heavy atom. The van der Waals surface area contributed by atoms with Crippen molar-refractivity contribution >= 4 is 82.7 Å². The Kier molecular flexibility index (Phi) is 25.3. The third-order valence-electron chi connectivity index (χ3n) is 13.5. The summed E-state index contributed by atoms with van der Waals surface area (Å²) in [6.07, 6.45) is 6.82. The maximum absolute atomic E-state index is 13.9. The van der Waals surface area contributed by atoms with Gasteiger partial charge in [-0.05, 0) is 95.2 Å². The molecule has 5 rings (SSSR count). The van der Waals surface area contributed by atoms with E-state index in [9.17, 15) is 43.8 Å². The Hall–Kier alpha value is -5.57. The van der Waals surface area contributed by atoms with Gasteiger partial charge in [-0.25, -0.2) is 24.4 Å². The van der Waals surface area contributed by atoms with Crippen LogP contribution in [0.15, 0.2) is 16.1 Å².